The quantitative estimate of drug-likeness (QED) is 0.721. The summed E-state index contributed by atoms with van der Waals surface area (Å²) in [5, 5.41) is 0. The average molecular weight is 395 g/mol. The van der Waals surface area contributed by atoms with Crippen molar-refractivity contribution in [2.75, 3.05) is 13.7 Å². The standard InChI is InChI=1S/C22H21NO6/c1-26-17-7-9-18(10-8-17)27-19-13-14-23(15-16-5-3-2-4-6-16)22(19)28-20(24)11-12-21(25)29-22/h2-12,19H,13-15H2,1H3. The van der Waals surface area contributed by atoms with Crippen LogP contribution in [0.3, 0.4) is 0 Å². The van der Waals surface area contributed by atoms with Gasteiger partial charge in [-0.05, 0) is 29.8 Å². The van der Waals surface area contributed by atoms with Gasteiger partial charge in [-0.2, -0.15) is 0 Å². The highest BCUT2D eigenvalue weighted by atomic mass is 16.8. The third kappa shape index (κ3) is 3.95. The third-order valence-corrected chi connectivity index (χ3v) is 4.91. The number of carbonyl (C=O) groups is 2. The number of hydrogen-bond donors (Lipinski definition) is 0. The summed E-state index contributed by atoms with van der Waals surface area (Å²) in [5.41, 5.74) is 1.00. The van der Waals surface area contributed by atoms with Crippen molar-refractivity contribution in [2.45, 2.75) is 25.0 Å². The molecular weight excluding hydrogens is 374 g/mol. The number of likely N-dealkylation sites (tertiary alicyclic amines) is 1. The summed E-state index contributed by atoms with van der Waals surface area (Å²) in [6, 6.07) is 16.8. The molecule has 0 saturated carbocycles. The number of nitrogens with zero attached hydrogens (tertiary/aromatic N) is 1. The number of benzene rings is 2. The van der Waals surface area contributed by atoms with Gasteiger partial charge in [0.05, 0.1) is 7.11 Å². The number of rotatable bonds is 5. The lowest BCUT2D eigenvalue weighted by Crippen LogP contribution is -2.57. The summed E-state index contributed by atoms with van der Waals surface area (Å²) in [4.78, 5) is 26.3. The number of hydrogen-bond acceptors (Lipinski definition) is 7. The van der Waals surface area contributed by atoms with Crippen LogP contribution in [0.25, 0.3) is 0 Å². The summed E-state index contributed by atoms with van der Waals surface area (Å²) >= 11 is 0. The van der Waals surface area contributed by atoms with E-state index in [2.05, 4.69) is 0 Å². The van der Waals surface area contributed by atoms with Crippen LogP contribution in [0, 0.1) is 0 Å². The van der Waals surface area contributed by atoms with Crippen molar-refractivity contribution in [3.63, 3.8) is 0 Å². The van der Waals surface area contributed by atoms with Crippen LogP contribution in [-0.2, 0) is 25.6 Å². The average Bonchev–Trinajstić information content (AvgIpc) is 2.94. The zero-order chi connectivity index (χ0) is 20.3. The maximum absolute atomic E-state index is 12.2. The van der Waals surface area contributed by atoms with Gasteiger partial charge in [0.2, 0.25) is 0 Å². The van der Waals surface area contributed by atoms with Crippen molar-refractivity contribution in [2.24, 2.45) is 0 Å². The smallest absolute Gasteiger partial charge is 0.359 e. The maximum atomic E-state index is 12.2. The zero-order valence-electron chi connectivity index (χ0n) is 15.9. The van der Waals surface area contributed by atoms with E-state index < -0.39 is 24.0 Å². The summed E-state index contributed by atoms with van der Waals surface area (Å²) in [7, 11) is 1.58. The third-order valence-electron chi connectivity index (χ3n) is 4.91. The number of esters is 2. The van der Waals surface area contributed by atoms with Crippen molar-refractivity contribution >= 4 is 11.9 Å². The molecule has 0 amide bonds. The summed E-state index contributed by atoms with van der Waals surface area (Å²) in [6.07, 6.45) is 1.97. The van der Waals surface area contributed by atoms with E-state index in [0.717, 1.165) is 17.7 Å². The Morgan fingerprint density at radius 3 is 2.21 bits per heavy atom. The van der Waals surface area contributed by atoms with Crippen LogP contribution >= 0.6 is 0 Å². The van der Waals surface area contributed by atoms with Crippen molar-refractivity contribution in [3.8, 4) is 11.5 Å². The zero-order valence-corrected chi connectivity index (χ0v) is 15.9. The summed E-state index contributed by atoms with van der Waals surface area (Å²) in [6.45, 7) is 0.958. The molecule has 150 valence electrons. The Hall–Kier alpha value is -3.32. The molecule has 1 saturated heterocycles. The predicted molar refractivity (Wildman–Crippen MR) is 103 cm³/mol. The van der Waals surface area contributed by atoms with Crippen molar-refractivity contribution in [1.29, 1.82) is 0 Å². The molecule has 2 aliphatic heterocycles. The molecule has 4 rings (SSSR count). The highest BCUT2D eigenvalue weighted by molar-refractivity contribution is 5.93. The van der Waals surface area contributed by atoms with E-state index in [1.165, 1.54) is 0 Å². The fraction of sp³-hybridized carbons (Fsp3) is 0.273. The Kier molecular flexibility index (Phi) is 5.22. The normalized spacial score (nSPS) is 20.8. The molecular formula is C22H21NO6. The second-order valence-corrected chi connectivity index (χ2v) is 6.78. The largest absolute Gasteiger partial charge is 0.497 e. The lowest BCUT2D eigenvalue weighted by molar-refractivity contribution is -0.295. The SMILES string of the molecule is COc1ccc(OC2CCN(Cc3ccccc3)C23OC(=O)C=CC(=O)O3)cc1. The van der Waals surface area contributed by atoms with Crippen LogP contribution in [0.15, 0.2) is 66.7 Å². The lowest BCUT2D eigenvalue weighted by Gasteiger charge is -2.38. The molecule has 1 unspecified atom stereocenters. The molecule has 0 N–H and O–H groups in total. The van der Waals surface area contributed by atoms with Crippen molar-refractivity contribution < 1.29 is 28.5 Å². The molecule has 2 heterocycles. The predicted octanol–water partition coefficient (Wildman–Crippen LogP) is 2.66. The van der Waals surface area contributed by atoms with E-state index in [4.69, 9.17) is 18.9 Å². The molecule has 0 bridgehead atoms. The minimum absolute atomic E-state index is 0.434. The van der Waals surface area contributed by atoms with Gasteiger partial charge in [0.25, 0.3) is 0 Å². The van der Waals surface area contributed by atoms with Gasteiger partial charge in [-0.3, -0.25) is 0 Å². The Labute approximate surface area is 168 Å². The second kappa shape index (κ2) is 7.97. The van der Waals surface area contributed by atoms with Gasteiger partial charge in [0.1, 0.15) is 11.5 Å². The molecule has 1 spiro atoms. The molecule has 0 aromatic heterocycles. The Morgan fingerprint density at radius 1 is 0.966 bits per heavy atom. The molecule has 1 atom stereocenters. The highest BCUT2D eigenvalue weighted by Gasteiger charge is 2.58. The van der Waals surface area contributed by atoms with Gasteiger partial charge in [-0.15, -0.1) is 0 Å². The van der Waals surface area contributed by atoms with E-state index in [-0.39, 0.29) is 0 Å². The van der Waals surface area contributed by atoms with Crippen LogP contribution in [0.2, 0.25) is 0 Å². The number of carbonyl (C=O) groups excluding carboxylic acids is 2. The van der Waals surface area contributed by atoms with Crippen LogP contribution in [-0.4, -0.2) is 42.5 Å². The van der Waals surface area contributed by atoms with Gasteiger partial charge < -0.3 is 18.9 Å². The minimum Gasteiger partial charge on any atom is -0.497 e. The Balaban J connectivity index is 1.64. The van der Waals surface area contributed by atoms with Crippen molar-refractivity contribution in [1.82, 2.24) is 4.90 Å². The lowest BCUT2D eigenvalue weighted by atomic mass is 10.2. The fourth-order valence-electron chi connectivity index (χ4n) is 3.53. The molecule has 0 radical (unpaired) electrons. The Morgan fingerprint density at radius 2 is 1.59 bits per heavy atom. The van der Waals surface area contributed by atoms with E-state index in [1.54, 1.807) is 31.4 Å². The molecule has 1 fully saturated rings. The molecule has 7 nitrogen and oxygen atoms in total. The van der Waals surface area contributed by atoms with E-state index in [1.807, 2.05) is 35.2 Å². The van der Waals surface area contributed by atoms with Crippen LogP contribution in [0.4, 0.5) is 0 Å². The highest BCUT2D eigenvalue weighted by Crippen LogP contribution is 2.38. The fourth-order valence-corrected chi connectivity index (χ4v) is 3.53. The van der Waals surface area contributed by atoms with Crippen LogP contribution in [0.1, 0.15) is 12.0 Å². The second-order valence-electron chi connectivity index (χ2n) is 6.78. The molecule has 29 heavy (non-hydrogen) atoms. The van der Waals surface area contributed by atoms with Crippen LogP contribution < -0.4 is 9.47 Å². The van der Waals surface area contributed by atoms with E-state index in [0.29, 0.717) is 31.0 Å². The van der Waals surface area contributed by atoms with Gasteiger partial charge >= 0.3 is 17.8 Å². The van der Waals surface area contributed by atoms with Gasteiger partial charge in [0, 0.05) is 31.7 Å². The maximum Gasteiger partial charge on any atom is 0.359 e. The van der Waals surface area contributed by atoms with E-state index >= 15 is 0 Å². The topological polar surface area (TPSA) is 74.3 Å². The monoisotopic (exact) mass is 395 g/mol. The first-order chi connectivity index (χ1) is 14.1. The first-order valence-electron chi connectivity index (χ1n) is 9.33. The van der Waals surface area contributed by atoms with Crippen LogP contribution in [0.5, 0.6) is 11.5 Å². The first kappa shape index (κ1) is 19.0. The number of ether oxygens (including phenoxy) is 4. The first-order valence-corrected chi connectivity index (χ1v) is 9.33. The minimum atomic E-state index is -1.65. The number of methoxy groups -OCH3 is 1. The molecule has 2 aliphatic rings. The molecule has 7 heteroatoms. The van der Waals surface area contributed by atoms with Gasteiger partial charge in [-0.1, -0.05) is 30.3 Å². The van der Waals surface area contributed by atoms with Gasteiger partial charge in [0.15, 0.2) is 6.10 Å². The van der Waals surface area contributed by atoms with E-state index in [9.17, 15) is 9.59 Å². The Bertz CT molecular complexity index is 889. The molecule has 2 aromatic carbocycles. The summed E-state index contributed by atoms with van der Waals surface area (Å²) < 4.78 is 22.6. The van der Waals surface area contributed by atoms with Crippen molar-refractivity contribution in [3.05, 3.63) is 72.3 Å². The molecule has 0 aliphatic carbocycles. The van der Waals surface area contributed by atoms with Gasteiger partial charge in [-0.25, -0.2) is 14.5 Å². The summed E-state index contributed by atoms with van der Waals surface area (Å²) in [5.74, 6) is -1.70. The molecule has 2 aromatic rings.